The van der Waals surface area contributed by atoms with E-state index in [1.165, 1.54) is 4.88 Å². The summed E-state index contributed by atoms with van der Waals surface area (Å²) in [6.45, 7) is 7.36. The second kappa shape index (κ2) is 6.80. The largest absolute Gasteiger partial charge is 0.444 e. The fraction of sp³-hybridized carbons (Fsp3) is 0.714. The molecule has 0 unspecified atom stereocenters. The number of amides is 1. The number of ether oxygens (including phenoxy) is 1. The van der Waals surface area contributed by atoms with Crippen molar-refractivity contribution in [3.63, 3.8) is 0 Å². The van der Waals surface area contributed by atoms with Crippen molar-refractivity contribution in [3.8, 4) is 0 Å². The number of thiazole rings is 1. The first-order chi connectivity index (χ1) is 9.44. The van der Waals surface area contributed by atoms with Crippen molar-refractivity contribution in [2.45, 2.75) is 38.5 Å². The zero-order valence-electron chi connectivity index (χ0n) is 12.3. The van der Waals surface area contributed by atoms with Crippen molar-refractivity contribution in [1.82, 2.24) is 9.88 Å². The van der Waals surface area contributed by atoms with Crippen LogP contribution in [-0.2, 0) is 10.5 Å². The molecule has 2 rings (SSSR count). The molecule has 1 aliphatic rings. The van der Waals surface area contributed by atoms with Crippen LogP contribution in [0.1, 0.15) is 32.1 Å². The number of carbonyl (C=O) groups excluding carboxylic acids is 1. The maximum Gasteiger partial charge on any atom is 0.410 e. The number of hydrogen-bond acceptors (Lipinski definition) is 5. The molecule has 0 spiro atoms. The molecule has 20 heavy (non-hydrogen) atoms. The third kappa shape index (κ3) is 4.98. The van der Waals surface area contributed by atoms with E-state index in [-0.39, 0.29) is 6.09 Å². The molecule has 2 heterocycles. The van der Waals surface area contributed by atoms with E-state index in [1.54, 1.807) is 11.3 Å². The molecule has 1 aliphatic heterocycles. The normalized spacial score (nSPS) is 19.4. The van der Waals surface area contributed by atoms with Crippen LogP contribution in [0.25, 0.3) is 0 Å². The Labute approximate surface area is 128 Å². The van der Waals surface area contributed by atoms with Gasteiger partial charge in [-0.15, -0.1) is 11.3 Å². The zero-order chi connectivity index (χ0) is 14.6. The highest BCUT2D eigenvalue weighted by atomic mass is 32.2. The smallest absolute Gasteiger partial charge is 0.410 e. The van der Waals surface area contributed by atoms with E-state index in [4.69, 9.17) is 4.74 Å². The van der Waals surface area contributed by atoms with Crippen LogP contribution < -0.4 is 0 Å². The van der Waals surface area contributed by atoms with E-state index < -0.39 is 5.60 Å². The van der Waals surface area contributed by atoms with Gasteiger partial charge in [0.1, 0.15) is 5.60 Å². The van der Waals surface area contributed by atoms with E-state index >= 15 is 0 Å². The number of rotatable bonds is 4. The number of thioether (sulfide) groups is 1. The van der Waals surface area contributed by atoms with Crippen molar-refractivity contribution in [3.05, 3.63) is 16.6 Å². The Bertz CT molecular complexity index is 429. The van der Waals surface area contributed by atoms with Gasteiger partial charge < -0.3 is 9.64 Å². The van der Waals surface area contributed by atoms with E-state index in [2.05, 4.69) is 4.98 Å². The first kappa shape index (κ1) is 15.6. The molecule has 0 bridgehead atoms. The molecule has 1 amide bonds. The summed E-state index contributed by atoms with van der Waals surface area (Å²) < 4.78 is 5.41. The minimum absolute atomic E-state index is 0.174. The van der Waals surface area contributed by atoms with Crippen LogP contribution >= 0.6 is 23.1 Å². The lowest BCUT2D eigenvalue weighted by atomic mass is 10.2. The second-order valence-electron chi connectivity index (χ2n) is 6.06. The number of likely N-dealkylation sites (tertiary alicyclic amines) is 1. The Morgan fingerprint density at radius 1 is 1.60 bits per heavy atom. The first-order valence-corrected chi connectivity index (χ1v) is 8.90. The van der Waals surface area contributed by atoms with Gasteiger partial charge in [-0.05, 0) is 38.9 Å². The Hall–Kier alpha value is -0.750. The molecular weight excluding hydrogens is 292 g/mol. The maximum atomic E-state index is 12.0. The van der Waals surface area contributed by atoms with E-state index in [9.17, 15) is 4.79 Å². The second-order valence-corrected chi connectivity index (χ2v) is 8.07. The van der Waals surface area contributed by atoms with Crippen LogP contribution in [-0.4, -0.2) is 40.4 Å². The van der Waals surface area contributed by atoms with Gasteiger partial charge in [-0.2, -0.15) is 11.8 Å². The molecule has 0 N–H and O–H groups in total. The average Bonchev–Trinajstić information content (AvgIpc) is 2.97. The van der Waals surface area contributed by atoms with Gasteiger partial charge in [0, 0.05) is 29.9 Å². The summed E-state index contributed by atoms with van der Waals surface area (Å²) in [5.41, 5.74) is 1.46. The van der Waals surface area contributed by atoms with Crippen molar-refractivity contribution >= 4 is 29.2 Å². The lowest BCUT2D eigenvalue weighted by molar-refractivity contribution is 0.0289. The molecule has 6 heteroatoms. The molecule has 1 aromatic rings. The molecular formula is C14H22N2O2S2. The molecule has 0 saturated carbocycles. The highest BCUT2D eigenvalue weighted by molar-refractivity contribution is 7.98. The predicted molar refractivity (Wildman–Crippen MR) is 84.2 cm³/mol. The molecule has 0 aromatic carbocycles. The Balaban J connectivity index is 1.68. The average molecular weight is 314 g/mol. The van der Waals surface area contributed by atoms with Crippen molar-refractivity contribution in [2.75, 3.05) is 18.8 Å². The summed E-state index contributed by atoms with van der Waals surface area (Å²) in [7, 11) is 0. The van der Waals surface area contributed by atoms with Crippen molar-refractivity contribution in [2.24, 2.45) is 5.92 Å². The lowest BCUT2D eigenvalue weighted by Crippen LogP contribution is -2.35. The highest BCUT2D eigenvalue weighted by Gasteiger charge is 2.29. The van der Waals surface area contributed by atoms with E-state index in [1.807, 2.05) is 49.1 Å². The predicted octanol–water partition coefficient (Wildman–Crippen LogP) is 3.63. The Morgan fingerprint density at radius 2 is 2.40 bits per heavy atom. The molecule has 1 saturated heterocycles. The van der Waals surface area contributed by atoms with Crippen LogP contribution in [0.4, 0.5) is 4.79 Å². The van der Waals surface area contributed by atoms with Crippen LogP contribution in [0.2, 0.25) is 0 Å². The molecule has 1 aromatic heterocycles. The Morgan fingerprint density at radius 3 is 3.05 bits per heavy atom. The SMILES string of the molecule is CC(C)(C)OC(=O)N1CC[C@@H](CSCc2cncs2)C1. The van der Waals surface area contributed by atoms with Crippen molar-refractivity contribution < 1.29 is 9.53 Å². The van der Waals surface area contributed by atoms with Gasteiger partial charge in [0.15, 0.2) is 0 Å². The molecule has 112 valence electrons. The van der Waals surface area contributed by atoms with Gasteiger partial charge >= 0.3 is 6.09 Å². The monoisotopic (exact) mass is 314 g/mol. The highest BCUT2D eigenvalue weighted by Crippen LogP contribution is 2.25. The van der Waals surface area contributed by atoms with E-state index in [0.29, 0.717) is 5.92 Å². The van der Waals surface area contributed by atoms with Gasteiger partial charge in [-0.3, -0.25) is 4.98 Å². The van der Waals surface area contributed by atoms with Gasteiger partial charge in [0.25, 0.3) is 0 Å². The minimum atomic E-state index is -0.407. The number of carbonyl (C=O) groups is 1. The zero-order valence-corrected chi connectivity index (χ0v) is 13.9. The summed E-state index contributed by atoms with van der Waals surface area (Å²) in [5, 5.41) is 0. The number of aromatic nitrogens is 1. The minimum Gasteiger partial charge on any atom is -0.444 e. The van der Waals surface area contributed by atoms with Crippen molar-refractivity contribution in [1.29, 1.82) is 0 Å². The number of hydrogen-bond donors (Lipinski definition) is 0. The Kier molecular flexibility index (Phi) is 5.32. The van der Waals surface area contributed by atoms with Crippen LogP contribution in [0.5, 0.6) is 0 Å². The summed E-state index contributed by atoms with van der Waals surface area (Å²) in [6.07, 6.45) is 2.83. The van der Waals surface area contributed by atoms with Crippen LogP contribution in [0.3, 0.4) is 0 Å². The van der Waals surface area contributed by atoms with Gasteiger partial charge in [-0.1, -0.05) is 0 Å². The van der Waals surface area contributed by atoms with Crippen LogP contribution in [0.15, 0.2) is 11.7 Å². The van der Waals surface area contributed by atoms with Gasteiger partial charge in [0.2, 0.25) is 0 Å². The van der Waals surface area contributed by atoms with Gasteiger partial charge in [-0.25, -0.2) is 4.79 Å². The molecule has 1 atom stereocenters. The molecule has 1 fully saturated rings. The third-order valence-corrected chi connectivity index (χ3v) is 5.20. The summed E-state index contributed by atoms with van der Waals surface area (Å²) in [4.78, 5) is 19.2. The maximum absolute atomic E-state index is 12.0. The topological polar surface area (TPSA) is 42.4 Å². The third-order valence-electron chi connectivity index (χ3n) is 3.02. The molecule has 4 nitrogen and oxygen atoms in total. The van der Waals surface area contributed by atoms with E-state index in [0.717, 1.165) is 31.0 Å². The standard InChI is InChI=1S/C14H22N2O2S2/c1-14(2,3)18-13(17)16-5-4-11(7-16)8-19-9-12-6-15-10-20-12/h6,10-11H,4-5,7-9H2,1-3H3/t11-/m1/s1. The van der Waals surface area contributed by atoms with Gasteiger partial charge in [0.05, 0.1) is 5.51 Å². The fourth-order valence-corrected chi connectivity index (χ4v) is 4.00. The van der Waals surface area contributed by atoms with Crippen LogP contribution in [0, 0.1) is 5.92 Å². The molecule has 0 radical (unpaired) electrons. The number of nitrogens with zero attached hydrogens (tertiary/aromatic N) is 2. The lowest BCUT2D eigenvalue weighted by Gasteiger charge is -2.24. The first-order valence-electron chi connectivity index (χ1n) is 6.87. The quantitative estimate of drug-likeness (QED) is 0.851. The molecule has 0 aliphatic carbocycles. The summed E-state index contributed by atoms with van der Waals surface area (Å²) >= 11 is 3.63. The summed E-state index contributed by atoms with van der Waals surface area (Å²) in [6, 6.07) is 0. The fourth-order valence-electron chi connectivity index (χ4n) is 2.10. The summed E-state index contributed by atoms with van der Waals surface area (Å²) in [5.74, 6) is 2.70.